The predicted molar refractivity (Wildman–Crippen MR) is 111 cm³/mol. The van der Waals surface area contributed by atoms with Crippen LogP contribution in [0.3, 0.4) is 0 Å². The third-order valence-electron chi connectivity index (χ3n) is 4.86. The molecule has 0 saturated carbocycles. The highest BCUT2D eigenvalue weighted by molar-refractivity contribution is 6.20. The zero-order valence-corrected chi connectivity index (χ0v) is 16.3. The van der Waals surface area contributed by atoms with Gasteiger partial charge in [0.25, 0.3) is 5.91 Å². The second-order valence-electron chi connectivity index (χ2n) is 6.96. The Kier molecular flexibility index (Phi) is 6.92. The SMILES string of the molecule is O=C(O)C[C@@H]1N=C(c2ccccc2)c2ccccc2N(CCCCC(=O)NO)C1=O. The molecule has 1 heterocycles. The first-order valence-electron chi connectivity index (χ1n) is 9.70. The monoisotopic (exact) mass is 409 g/mol. The number of nitrogens with zero attached hydrogens (tertiary/aromatic N) is 2. The summed E-state index contributed by atoms with van der Waals surface area (Å²) < 4.78 is 0. The van der Waals surface area contributed by atoms with Crippen molar-refractivity contribution in [3.63, 3.8) is 0 Å². The molecule has 3 N–H and O–H groups in total. The van der Waals surface area contributed by atoms with E-state index >= 15 is 0 Å². The van der Waals surface area contributed by atoms with E-state index in [-0.39, 0.29) is 12.3 Å². The van der Waals surface area contributed by atoms with Crippen LogP contribution in [0.5, 0.6) is 0 Å². The fourth-order valence-corrected chi connectivity index (χ4v) is 3.45. The van der Waals surface area contributed by atoms with Crippen LogP contribution in [0.15, 0.2) is 59.6 Å². The highest BCUT2D eigenvalue weighted by Gasteiger charge is 2.32. The second kappa shape index (κ2) is 9.80. The molecule has 0 unspecified atom stereocenters. The van der Waals surface area contributed by atoms with E-state index < -0.39 is 24.3 Å². The van der Waals surface area contributed by atoms with E-state index in [1.165, 1.54) is 0 Å². The van der Waals surface area contributed by atoms with Gasteiger partial charge in [-0.3, -0.25) is 24.6 Å². The standard InChI is InChI=1S/C22H23N3O5/c26-19(24-30)12-6-7-13-25-18-11-5-4-10-16(18)21(15-8-2-1-3-9-15)23-17(22(25)29)14-20(27)28/h1-5,8-11,17,30H,6-7,12-14H2,(H,24,26)(H,27,28)/t17-/m0/s1. The minimum Gasteiger partial charge on any atom is -0.481 e. The van der Waals surface area contributed by atoms with Crippen molar-refractivity contribution < 1.29 is 24.7 Å². The number of hydrogen-bond acceptors (Lipinski definition) is 5. The van der Waals surface area contributed by atoms with Crippen molar-refractivity contribution in [2.45, 2.75) is 31.7 Å². The summed E-state index contributed by atoms with van der Waals surface area (Å²) in [5.74, 6) is -1.98. The molecular formula is C22H23N3O5. The number of aliphatic carboxylic acids is 1. The molecule has 156 valence electrons. The Hall–Kier alpha value is -3.52. The zero-order chi connectivity index (χ0) is 21.5. The van der Waals surface area contributed by atoms with Gasteiger partial charge in [-0.15, -0.1) is 0 Å². The van der Waals surface area contributed by atoms with E-state index in [1.54, 1.807) is 10.4 Å². The van der Waals surface area contributed by atoms with E-state index in [1.807, 2.05) is 54.6 Å². The molecule has 0 aliphatic carbocycles. The van der Waals surface area contributed by atoms with E-state index in [0.29, 0.717) is 30.8 Å². The molecule has 8 heteroatoms. The number of unbranched alkanes of at least 4 members (excludes halogenated alkanes) is 1. The summed E-state index contributed by atoms with van der Waals surface area (Å²) in [5, 5.41) is 17.9. The van der Waals surface area contributed by atoms with Crippen molar-refractivity contribution in [1.29, 1.82) is 0 Å². The van der Waals surface area contributed by atoms with Gasteiger partial charge < -0.3 is 10.0 Å². The van der Waals surface area contributed by atoms with Gasteiger partial charge in [-0.25, -0.2) is 5.48 Å². The minimum atomic E-state index is -1.10. The predicted octanol–water partition coefficient (Wildman–Crippen LogP) is 2.39. The Morgan fingerprint density at radius 2 is 1.73 bits per heavy atom. The van der Waals surface area contributed by atoms with Crippen LogP contribution in [0.25, 0.3) is 0 Å². The normalized spacial score (nSPS) is 15.8. The summed E-state index contributed by atoms with van der Waals surface area (Å²) in [6.45, 7) is 0.308. The Morgan fingerprint density at radius 3 is 2.43 bits per heavy atom. The van der Waals surface area contributed by atoms with E-state index in [0.717, 1.165) is 11.1 Å². The molecule has 1 aliphatic heterocycles. The van der Waals surface area contributed by atoms with E-state index in [9.17, 15) is 19.5 Å². The number of carboxylic acids is 1. The third-order valence-corrected chi connectivity index (χ3v) is 4.86. The Labute approximate surface area is 173 Å². The molecule has 0 saturated heterocycles. The summed E-state index contributed by atoms with van der Waals surface area (Å²) in [6, 6.07) is 15.7. The van der Waals surface area contributed by atoms with Crippen molar-refractivity contribution in [2.24, 2.45) is 4.99 Å². The average Bonchev–Trinajstić information content (AvgIpc) is 2.87. The fourth-order valence-electron chi connectivity index (χ4n) is 3.45. The van der Waals surface area contributed by atoms with Crippen LogP contribution >= 0.6 is 0 Å². The Bertz CT molecular complexity index is 958. The number of nitrogens with one attached hydrogen (secondary N) is 1. The number of carbonyl (C=O) groups excluding carboxylic acids is 2. The number of carbonyl (C=O) groups is 3. The number of benzodiazepines with no additional fused rings is 1. The number of carboxylic acid groups (broad SMARTS) is 1. The fraction of sp³-hybridized carbons (Fsp3) is 0.273. The maximum Gasteiger partial charge on any atom is 0.306 e. The summed E-state index contributed by atoms with van der Waals surface area (Å²) in [6.07, 6.45) is 0.694. The Balaban J connectivity index is 1.98. The van der Waals surface area contributed by atoms with Crippen LogP contribution in [0.1, 0.15) is 36.8 Å². The number of rotatable bonds is 8. The maximum atomic E-state index is 13.2. The van der Waals surface area contributed by atoms with Crippen molar-refractivity contribution in [3.05, 3.63) is 65.7 Å². The lowest BCUT2D eigenvalue weighted by atomic mass is 10.00. The largest absolute Gasteiger partial charge is 0.481 e. The number of aliphatic imine (C=N–C) groups is 1. The number of fused-ring (bicyclic) bond motifs is 1. The number of hydroxylamine groups is 1. The van der Waals surface area contributed by atoms with Crippen LogP contribution < -0.4 is 10.4 Å². The van der Waals surface area contributed by atoms with Gasteiger partial charge >= 0.3 is 5.97 Å². The molecule has 1 atom stereocenters. The van der Waals surface area contributed by atoms with Gasteiger partial charge in [-0.2, -0.15) is 0 Å². The minimum absolute atomic E-state index is 0.129. The first-order chi connectivity index (χ1) is 14.5. The van der Waals surface area contributed by atoms with Crippen LogP contribution in [-0.4, -0.2) is 46.4 Å². The van der Waals surface area contributed by atoms with Gasteiger partial charge in [0.2, 0.25) is 5.91 Å². The quantitative estimate of drug-likeness (QED) is 0.351. The van der Waals surface area contributed by atoms with Crippen molar-refractivity contribution >= 4 is 29.2 Å². The van der Waals surface area contributed by atoms with Crippen LogP contribution in [0.2, 0.25) is 0 Å². The highest BCUT2D eigenvalue weighted by atomic mass is 16.5. The lowest BCUT2D eigenvalue weighted by Crippen LogP contribution is -2.39. The first kappa shape index (κ1) is 21.2. The van der Waals surface area contributed by atoms with Gasteiger partial charge in [0.15, 0.2) is 0 Å². The number of benzene rings is 2. The van der Waals surface area contributed by atoms with Gasteiger partial charge in [0, 0.05) is 24.1 Å². The maximum absolute atomic E-state index is 13.2. The molecule has 0 spiro atoms. The summed E-state index contributed by atoms with van der Waals surface area (Å²) in [4.78, 5) is 42.0. The van der Waals surface area contributed by atoms with E-state index in [2.05, 4.69) is 4.99 Å². The van der Waals surface area contributed by atoms with Crippen molar-refractivity contribution in [2.75, 3.05) is 11.4 Å². The zero-order valence-electron chi connectivity index (χ0n) is 16.3. The molecule has 1 aliphatic rings. The third kappa shape index (κ3) is 4.90. The van der Waals surface area contributed by atoms with Crippen molar-refractivity contribution in [3.8, 4) is 0 Å². The molecule has 3 rings (SSSR count). The highest BCUT2D eigenvalue weighted by Crippen LogP contribution is 2.29. The molecule has 2 amide bonds. The van der Waals surface area contributed by atoms with Crippen LogP contribution in [0.4, 0.5) is 5.69 Å². The molecule has 2 aromatic rings. The van der Waals surface area contributed by atoms with E-state index in [4.69, 9.17) is 5.21 Å². The molecule has 8 nitrogen and oxygen atoms in total. The second-order valence-corrected chi connectivity index (χ2v) is 6.96. The number of hydrogen-bond donors (Lipinski definition) is 3. The molecule has 0 aromatic heterocycles. The van der Waals surface area contributed by atoms with Gasteiger partial charge in [0.05, 0.1) is 17.8 Å². The molecule has 0 radical (unpaired) electrons. The van der Waals surface area contributed by atoms with Crippen LogP contribution in [0, 0.1) is 0 Å². The summed E-state index contributed by atoms with van der Waals surface area (Å²) in [5.41, 5.74) is 4.37. The van der Waals surface area contributed by atoms with Gasteiger partial charge in [-0.05, 0) is 18.9 Å². The molecular weight excluding hydrogens is 386 g/mol. The van der Waals surface area contributed by atoms with Gasteiger partial charge in [-0.1, -0.05) is 48.5 Å². The number of amides is 2. The summed E-state index contributed by atoms with van der Waals surface area (Å²) in [7, 11) is 0. The number of anilines is 1. The lowest BCUT2D eigenvalue weighted by Gasteiger charge is -2.25. The molecule has 0 fully saturated rings. The molecule has 30 heavy (non-hydrogen) atoms. The Morgan fingerprint density at radius 1 is 1.03 bits per heavy atom. The molecule has 0 bridgehead atoms. The van der Waals surface area contributed by atoms with Crippen LogP contribution in [-0.2, 0) is 14.4 Å². The summed E-state index contributed by atoms with van der Waals surface area (Å²) >= 11 is 0. The smallest absolute Gasteiger partial charge is 0.306 e. The van der Waals surface area contributed by atoms with Crippen molar-refractivity contribution in [1.82, 2.24) is 5.48 Å². The lowest BCUT2D eigenvalue weighted by molar-refractivity contribution is -0.139. The molecule has 2 aromatic carbocycles. The van der Waals surface area contributed by atoms with Gasteiger partial charge in [0.1, 0.15) is 6.04 Å². The number of para-hydroxylation sites is 1. The average molecular weight is 409 g/mol. The topological polar surface area (TPSA) is 119 Å². The first-order valence-corrected chi connectivity index (χ1v) is 9.70.